The van der Waals surface area contributed by atoms with Crippen LogP contribution in [0, 0.1) is 0 Å². The second-order valence-corrected chi connectivity index (χ2v) is 7.21. The van der Waals surface area contributed by atoms with Gasteiger partial charge in [-0.1, -0.05) is 17.7 Å². The van der Waals surface area contributed by atoms with E-state index in [4.69, 9.17) is 30.5 Å². The number of methoxy groups -OCH3 is 2. The maximum Gasteiger partial charge on any atom is 0.316 e. The van der Waals surface area contributed by atoms with Gasteiger partial charge in [0.05, 0.1) is 26.9 Å². The maximum absolute atomic E-state index is 12.7. The third kappa shape index (κ3) is 5.49. The summed E-state index contributed by atoms with van der Waals surface area (Å²) in [5.41, 5.74) is 0.955. The normalized spacial score (nSPS) is 12.5. The number of benzene rings is 2. The van der Waals surface area contributed by atoms with E-state index in [1.807, 2.05) is 0 Å². The zero-order valence-electron chi connectivity index (χ0n) is 17.9. The van der Waals surface area contributed by atoms with Crippen molar-refractivity contribution in [2.75, 3.05) is 20.8 Å². The molecule has 2 atom stereocenters. The van der Waals surface area contributed by atoms with Crippen LogP contribution in [0.4, 0.5) is 0 Å². The number of hydrogen-bond acceptors (Lipinski definition) is 7. The molecule has 1 N–H and O–H groups in total. The van der Waals surface area contributed by atoms with E-state index in [1.54, 1.807) is 61.5 Å². The van der Waals surface area contributed by atoms with Crippen LogP contribution < -0.4 is 14.2 Å². The summed E-state index contributed by atoms with van der Waals surface area (Å²) in [4.78, 5) is 17.0. The minimum atomic E-state index is -1.20. The average Bonchev–Trinajstić information content (AvgIpc) is 2.81. The van der Waals surface area contributed by atoms with Gasteiger partial charge in [0.1, 0.15) is 11.7 Å². The topological polar surface area (TPSA) is 87.1 Å². The van der Waals surface area contributed by atoms with Crippen molar-refractivity contribution in [3.8, 4) is 23.1 Å². The van der Waals surface area contributed by atoms with E-state index in [1.165, 1.54) is 20.4 Å². The molecule has 168 valence electrons. The number of aliphatic hydroxyl groups excluding tert-OH is 1. The lowest BCUT2D eigenvalue weighted by Crippen LogP contribution is -2.23. The fourth-order valence-corrected chi connectivity index (χ4v) is 3.29. The van der Waals surface area contributed by atoms with Crippen molar-refractivity contribution in [1.82, 2.24) is 4.98 Å². The molecule has 32 heavy (non-hydrogen) atoms. The highest BCUT2D eigenvalue weighted by molar-refractivity contribution is 6.30. The Morgan fingerprint density at radius 3 is 2.28 bits per heavy atom. The number of nitrogens with zero attached hydrogens (tertiary/aromatic N) is 1. The van der Waals surface area contributed by atoms with Gasteiger partial charge in [-0.3, -0.25) is 4.79 Å². The first-order chi connectivity index (χ1) is 15.5. The molecule has 3 rings (SSSR count). The molecule has 0 fully saturated rings. The Morgan fingerprint density at radius 1 is 1.00 bits per heavy atom. The van der Waals surface area contributed by atoms with Crippen LogP contribution in [0.2, 0.25) is 5.02 Å². The predicted octanol–water partition coefficient (Wildman–Crippen LogP) is 4.92. The van der Waals surface area contributed by atoms with E-state index >= 15 is 0 Å². The van der Waals surface area contributed by atoms with Crippen molar-refractivity contribution >= 4 is 17.6 Å². The SMILES string of the molecule is CCOC(=O)C(c1ccc(OC)c(OC)c1)C(O)c1ccc(Oc2ccc(Cl)cc2)nc1. The molecule has 0 saturated heterocycles. The Bertz CT molecular complexity index is 1040. The van der Waals surface area contributed by atoms with Crippen molar-refractivity contribution in [3.05, 3.63) is 76.9 Å². The standard InChI is InChI=1S/C24H24ClNO6/c1-4-31-24(28)22(15-5-11-19(29-2)20(13-15)30-3)23(27)16-6-12-21(26-14-16)32-18-9-7-17(25)8-10-18/h5-14,22-23,27H,4H2,1-3H3. The molecule has 0 saturated carbocycles. The fourth-order valence-electron chi connectivity index (χ4n) is 3.17. The van der Waals surface area contributed by atoms with Gasteiger partial charge in [0.15, 0.2) is 11.5 Å². The lowest BCUT2D eigenvalue weighted by molar-refractivity contribution is -0.148. The first-order valence-corrected chi connectivity index (χ1v) is 10.3. The van der Waals surface area contributed by atoms with Gasteiger partial charge in [-0.15, -0.1) is 0 Å². The molecule has 8 heteroatoms. The minimum Gasteiger partial charge on any atom is -0.493 e. The molecule has 7 nitrogen and oxygen atoms in total. The van der Waals surface area contributed by atoms with Gasteiger partial charge in [-0.2, -0.15) is 0 Å². The summed E-state index contributed by atoms with van der Waals surface area (Å²) in [5.74, 6) is 0.315. The number of hydrogen-bond donors (Lipinski definition) is 1. The van der Waals surface area contributed by atoms with Gasteiger partial charge in [0, 0.05) is 22.8 Å². The van der Waals surface area contributed by atoms with E-state index in [0.29, 0.717) is 39.3 Å². The number of ether oxygens (including phenoxy) is 4. The maximum atomic E-state index is 12.7. The van der Waals surface area contributed by atoms with Gasteiger partial charge in [-0.25, -0.2) is 4.98 Å². The molecule has 0 aliphatic carbocycles. The van der Waals surface area contributed by atoms with Crippen molar-refractivity contribution < 1.29 is 28.8 Å². The monoisotopic (exact) mass is 457 g/mol. The van der Waals surface area contributed by atoms with Crippen molar-refractivity contribution in [1.29, 1.82) is 0 Å². The van der Waals surface area contributed by atoms with Crippen molar-refractivity contribution in [3.63, 3.8) is 0 Å². The molecule has 0 bridgehead atoms. The third-order valence-electron chi connectivity index (χ3n) is 4.76. The van der Waals surface area contributed by atoms with Gasteiger partial charge in [-0.05, 0) is 55.0 Å². The minimum absolute atomic E-state index is 0.182. The van der Waals surface area contributed by atoms with Crippen LogP contribution in [-0.4, -0.2) is 36.9 Å². The lowest BCUT2D eigenvalue weighted by Gasteiger charge is -2.23. The summed E-state index contributed by atoms with van der Waals surface area (Å²) in [7, 11) is 3.02. The van der Waals surface area contributed by atoms with Gasteiger partial charge in [0.25, 0.3) is 0 Å². The first kappa shape index (κ1) is 23.4. The van der Waals surface area contributed by atoms with Crippen LogP contribution in [0.15, 0.2) is 60.8 Å². The second-order valence-electron chi connectivity index (χ2n) is 6.77. The molecule has 2 unspecified atom stereocenters. The summed E-state index contributed by atoms with van der Waals surface area (Å²) in [6, 6.07) is 15.1. The summed E-state index contributed by atoms with van der Waals surface area (Å²) in [5, 5.41) is 11.7. The summed E-state index contributed by atoms with van der Waals surface area (Å²) < 4.78 is 21.5. The molecule has 0 amide bonds. The second kappa shape index (κ2) is 10.8. The molecule has 0 aliphatic rings. The van der Waals surface area contributed by atoms with Crippen LogP contribution in [0.1, 0.15) is 30.1 Å². The Labute approximate surface area is 191 Å². The Morgan fingerprint density at radius 2 is 1.69 bits per heavy atom. The quantitative estimate of drug-likeness (QED) is 0.456. The van der Waals surface area contributed by atoms with E-state index < -0.39 is 18.0 Å². The van der Waals surface area contributed by atoms with Crippen LogP contribution in [0.5, 0.6) is 23.1 Å². The summed E-state index contributed by atoms with van der Waals surface area (Å²) in [6.07, 6.45) is 0.257. The number of pyridine rings is 1. The van der Waals surface area contributed by atoms with E-state index in [-0.39, 0.29) is 6.61 Å². The molecule has 2 aromatic carbocycles. The summed E-state index contributed by atoms with van der Waals surface area (Å²) >= 11 is 5.88. The molecular formula is C24H24ClNO6. The number of esters is 1. The molecule has 1 heterocycles. The largest absolute Gasteiger partial charge is 0.493 e. The van der Waals surface area contributed by atoms with E-state index in [2.05, 4.69) is 4.98 Å². The molecule has 0 radical (unpaired) electrons. The fraction of sp³-hybridized carbons (Fsp3) is 0.250. The highest BCUT2D eigenvalue weighted by Crippen LogP contribution is 2.37. The van der Waals surface area contributed by atoms with Gasteiger partial charge < -0.3 is 24.1 Å². The number of aromatic nitrogens is 1. The smallest absolute Gasteiger partial charge is 0.316 e. The average molecular weight is 458 g/mol. The Kier molecular flexibility index (Phi) is 7.92. The molecular weight excluding hydrogens is 434 g/mol. The number of aliphatic hydroxyl groups is 1. The van der Waals surface area contributed by atoms with Crippen LogP contribution in [0.25, 0.3) is 0 Å². The number of carbonyl (C=O) groups is 1. The van der Waals surface area contributed by atoms with Crippen molar-refractivity contribution in [2.24, 2.45) is 0 Å². The van der Waals surface area contributed by atoms with E-state index in [0.717, 1.165) is 0 Å². The van der Waals surface area contributed by atoms with Crippen LogP contribution >= 0.6 is 11.6 Å². The Hall–Kier alpha value is -3.29. The molecule has 0 spiro atoms. The molecule has 1 aromatic heterocycles. The zero-order valence-corrected chi connectivity index (χ0v) is 18.7. The highest BCUT2D eigenvalue weighted by Gasteiger charge is 2.32. The van der Waals surface area contributed by atoms with Gasteiger partial charge in [0.2, 0.25) is 5.88 Å². The summed E-state index contributed by atoms with van der Waals surface area (Å²) in [6.45, 7) is 1.89. The lowest BCUT2D eigenvalue weighted by atomic mass is 9.89. The third-order valence-corrected chi connectivity index (χ3v) is 5.01. The molecule has 3 aromatic rings. The zero-order chi connectivity index (χ0) is 23.1. The van der Waals surface area contributed by atoms with E-state index in [9.17, 15) is 9.90 Å². The Balaban J connectivity index is 1.87. The van der Waals surface area contributed by atoms with Crippen molar-refractivity contribution in [2.45, 2.75) is 18.9 Å². The number of halogens is 1. The number of rotatable bonds is 9. The first-order valence-electron chi connectivity index (χ1n) is 9.92. The molecule has 0 aliphatic heterocycles. The highest BCUT2D eigenvalue weighted by atomic mass is 35.5. The van der Waals surface area contributed by atoms with Crippen LogP contribution in [0.3, 0.4) is 0 Å². The van der Waals surface area contributed by atoms with Gasteiger partial charge >= 0.3 is 5.97 Å². The predicted molar refractivity (Wildman–Crippen MR) is 120 cm³/mol. The number of carbonyl (C=O) groups excluding carboxylic acids is 1. The van der Waals surface area contributed by atoms with Crippen LogP contribution in [-0.2, 0) is 9.53 Å².